The SMILES string of the molecule is CN1CC(c2ccccc2Cl)C2(C1)C(=O)c1ccccc1OC21C(=O)Nc2ccccc21. The van der Waals surface area contributed by atoms with E-state index in [0.29, 0.717) is 40.7 Å². The minimum absolute atomic E-state index is 0.0829. The van der Waals surface area contributed by atoms with Crippen molar-refractivity contribution >= 4 is 29.0 Å². The molecule has 3 atom stereocenters. The number of hydrogen-bond acceptors (Lipinski definition) is 4. The minimum Gasteiger partial charge on any atom is -0.471 e. The maximum absolute atomic E-state index is 14.5. The van der Waals surface area contributed by atoms with Crippen LogP contribution in [0.4, 0.5) is 5.69 Å². The van der Waals surface area contributed by atoms with E-state index in [-0.39, 0.29) is 17.6 Å². The number of amides is 1. The molecule has 0 radical (unpaired) electrons. The van der Waals surface area contributed by atoms with Gasteiger partial charge in [-0.2, -0.15) is 0 Å². The van der Waals surface area contributed by atoms with Gasteiger partial charge in [-0.15, -0.1) is 0 Å². The highest BCUT2D eigenvalue weighted by Crippen LogP contribution is 2.63. The van der Waals surface area contributed by atoms with Crippen molar-refractivity contribution in [3.63, 3.8) is 0 Å². The molecule has 0 saturated carbocycles. The highest BCUT2D eigenvalue weighted by Gasteiger charge is 2.74. The van der Waals surface area contributed by atoms with Gasteiger partial charge >= 0.3 is 0 Å². The van der Waals surface area contributed by atoms with E-state index >= 15 is 0 Å². The van der Waals surface area contributed by atoms with Gasteiger partial charge in [-0.1, -0.05) is 60.1 Å². The largest absolute Gasteiger partial charge is 0.471 e. The Bertz CT molecular complexity index is 1290. The van der Waals surface area contributed by atoms with Crippen LogP contribution in [0.2, 0.25) is 5.02 Å². The zero-order chi connectivity index (χ0) is 22.1. The van der Waals surface area contributed by atoms with Gasteiger partial charge in [0.2, 0.25) is 5.60 Å². The number of nitrogens with zero attached hydrogens (tertiary/aromatic N) is 1. The molecule has 3 aromatic carbocycles. The molecule has 1 N–H and O–H groups in total. The number of benzene rings is 3. The summed E-state index contributed by atoms with van der Waals surface area (Å²) in [6.07, 6.45) is 0. The number of likely N-dealkylation sites (tertiary alicyclic amines) is 1. The van der Waals surface area contributed by atoms with Gasteiger partial charge in [0.1, 0.15) is 11.2 Å². The molecule has 0 aromatic heterocycles. The highest BCUT2D eigenvalue weighted by atomic mass is 35.5. The van der Waals surface area contributed by atoms with Crippen LogP contribution in [-0.4, -0.2) is 36.7 Å². The third-order valence-corrected chi connectivity index (χ3v) is 7.54. The number of ketones is 1. The van der Waals surface area contributed by atoms with E-state index in [9.17, 15) is 9.59 Å². The summed E-state index contributed by atoms with van der Waals surface area (Å²) in [5.41, 5.74) is 0.0484. The van der Waals surface area contributed by atoms with E-state index in [1.807, 2.05) is 67.7 Å². The molecule has 3 aliphatic rings. The fourth-order valence-corrected chi connectivity index (χ4v) is 6.22. The highest BCUT2D eigenvalue weighted by molar-refractivity contribution is 6.31. The molecule has 0 aliphatic carbocycles. The smallest absolute Gasteiger partial charge is 0.274 e. The average molecular weight is 445 g/mol. The topological polar surface area (TPSA) is 58.6 Å². The Morgan fingerprint density at radius 1 is 1.00 bits per heavy atom. The van der Waals surface area contributed by atoms with Crippen molar-refractivity contribution in [2.75, 3.05) is 25.5 Å². The second-order valence-corrected chi connectivity index (χ2v) is 9.26. The number of para-hydroxylation sites is 2. The van der Waals surface area contributed by atoms with Gasteiger partial charge in [0, 0.05) is 35.3 Å². The number of anilines is 1. The molecular formula is C26H21ClN2O3. The zero-order valence-electron chi connectivity index (χ0n) is 17.5. The van der Waals surface area contributed by atoms with Crippen LogP contribution in [0.3, 0.4) is 0 Å². The first-order chi connectivity index (χ1) is 15.5. The molecule has 3 aliphatic heterocycles. The lowest BCUT2D eigenvalue weighted by Crippen LogP contribution is -2.63. The standard InChI is InChI=1S/C26H21ClN2O3/c1-29-14-19(16-8-2-5-11-20(16)27)25(15-29)23(30)17-9-3-7-13-22(17)32-26(25)18-10-4-6-12-21(18)28-24(26)31/h2-13,19H,14-15H2,1H3,(H,28,31). The fraction of sp³-hybridized carbons (Fsp3) is 0.231. The number of rotatable bonds is 1. The number of likely N-dealkylation sites (N-methyl/N-ethyl adjacent to an activating group) is 1. The maximum atomic E-state index is 14.5. The second kappa shape index (κ2) is 6.67. The predicted molar refractivity (Wildman–Crippen MR) is 122 cm³/mol. The molecule has 6 rings (SSSR count). The Morgan fingerprint density at radius 2 is 1.72 bits per heavy atom. The Balaban J connectivity index is 1.71. The van der Waals surface area contributed by atoms with Gasteiger partial charge in [-0.05, 0) is 36.9 Å². The number of carbonyl (C=O) groups is 2. The average Bonchev–Trinajstić information content (AvgIpc) is 3.28. The second-order valence-electron chi connectivity index (χ2n) is 8.85. The van der Waals surface area contributed by atoms with Gasteiger partial charge in [0.05, 0.1) is 5.56 Å². The molecule has 5 nitrogen and oxygen atoms in total. The van der Waals surface area contributed by atoms with Gasteiger partial charge in [0.15, 0.2) is 5.78 Å². The van der Waals surface area contributed by atoms with Crippen molar-refractivity contribution < 1.29 is 14.3 Å². The maximum Gasteiger partial charge on any atom is 0.274 e. The molecule has 3 unspecified atom stereocenters. The van der Waals surface area contributed by atoms with Crippen molar-refractivity contribution in [1.29, 1.82) is 0 Å². The van der Waals surface area contributed by atoms with Crippen LogP contribution in [0.15, 0.2) is 72.8 Å². The van der Waals surface area contributed by atoms with Gasteiger partial charge in [-0.3, -0.25) is 9.59 Å². The van der Waals surface area contributed by atoms with Crippen LogP contribution >= 0.6 is 11.6 Å². The third-order valence-electron chi connectivity index (χ3n) is 7.19. The molecule has 0 bridgehead atoms. The molecule has 160 valence electrons. The van der Waals surface area contributed by atoms with Crippen molar-refractivity contribution in [2.45, 2.75) is 11.5 Å². The van der Waals surface area contributed by atoms with Crippen LogP contribution in [0, 0.1) is 5.41 Å². The van der Waals surface area contributed by atoms with Crippen LogP contribution in [0.5, 0.6) is 5.75 Å². The van der Waals surface area contributed by atoms with Gasteiger partial charge < -0.3 is 15.0 Å². The molecule has 1 fully saturated rings. The van der Waals surface area contributed by atoms with Crippen molar-refractivity contribution in [2.24, 2.45) is 5.41 Å². The van der Waals surface area contributed by atoms with E-state index in [2.05, 4.69) is 10.2 Å². The van der Waals surface area contributed by atoms with E-state index in [0.717, 1.165) is 5.56 Å². The Kier molecular flexibility index (Phi) is 4.07. The Morgan fingerprint density at radius 3 is 2.56 bits per heavy atom. The molecule has 1 saturated heterocycles. The molecule has 3 aromatic rings. The number of nitrogens with one attached hydrogen (secondary N) is 1. The first-order valence-corrected chi connectivity index (χ1v) is 11.0. The number of fused-ring (bicyclic) bond motifs is 4. The van der Waals surface area contributed by atoms with Crippen LogP contribution in [0.25, 0.3) is 0 Å². The van der Waals surface area contributed by atoms with Crippen molar-refractivity contribution in [3.8, 4) is 5.75 Å². The van der Waals surface area contributed by atoms with Crippen LogP contribution in [0.1, 0.15) is 27.4 Å². The normalized spacial score (nSPS) is 28.5. The van der Waals surface area contributed by atoms with Crippen LogP contribution in [-0.2, 0) is 10.4 Å². The Hall–Kier alpha value is -3.15. The Labute approximate surface area is 190 Å². The number of carbonyl (C=O) groups excluding carboxylic acids is 2. The summed E-state index contributed by atoms with van der Waals surface area (Å²) < 4.78 is 6.66. The van der Waals surface area contributed by atoms with E-state index < -0.39 is 11.0 Å². The number of hydrogen-bond donors (Lipinski definition) is 1. The minimum atomic E-state index is -1.50. The summed E-state index contributed by atoms with van der Waals surface area (Å²) in [6.45, 7) is 0.954. The lowest BCUT2D eigenvalue weighted by molar-refractivity contribution is -0.143. The molecule has 3 heterocycles. The molecule has 6 heteroatoms. The zero-order valence-corrected chi connectivity index (χ0v) is 18.2. The summed E-state index contributed by atoms with van der Waals surface area (Å²) in [7, 11) is 1.97. The summed E-state index contributed by atoms with van der Waals surface area (Å²) in [4.78, 5) is 30.4. The van der Waals surface area contributed by atoms with Gasteiger partial charge in [0.25, 0.3) is 5.91 Å². The fourth-order valence-electron chi connectivity index (χ4n) is 5.95. The van der Waals surface area contributed by atoms with Crippen molar-refractivity contribution in [3.05, 3.63) is 94.5 Å². The summed E-state index contributed by atoms with van der Waals surface area (Å²) >= 11 is 6.66. The summed E-state index contributed by atoms with van der Waals surface area (Å²) in [5, 5.41) is 3.58. The van der Waals surface area contributed by atoms with E-state index in [4.69, 9.17) is 16.3 Å². The quantitative estimate of drug-likeness (QED) is 0.601. The lowest BCUT2D eigenvalue weighted by Gasteiger charge is -2.49. The summed E-state index contributed by atoms with van der Waals surface area (Å²) in [5.74, 6) is -0.296. The van der Waals surface area contributed by atoms with Gasteiger partial charge in [-0.25, -0.2) is 0 Å². The summed E-state index contributed by atoms with van der Waals surface area (Å²) in [6, 6.07) is 22.3. The predicted octanol–water partition coefficient (Wildman–Crippen LogP) is 4.48. The third kappa shape index (κ3) is 2.27. The molecular weight excluding hydrogens is 424 g/mol. The number of ether oxygens (including phenoxy) is 1. The molecule has 2 spiro atoms. The number of Topliss-reactive ketones (excluding diaryl/α,β-unsaturated/α-hetero) is 1. The number of halogens is 1. The first-order valence-electron chi connectivity index (χ1n) is 10.7. The van der Waals surface area contributed by atoms with Crippen LogP contribution < -0.4 is 10.1 Å². The monoisotopic (exact) mass is 444 g/mol. The lowest BCUT2D eigenvalue weighted by atomic mass is 9.57. The molecule has 1 amide bonds. The van der Waals surface area contributed by atoms with E-state index in [1.54, 1.807) is 12.1 Å². The van der Waals surface area contributed by atoms with E-state index in [1.165, 1.54) is 0 Å². The van der Waals surface area contributed by atoms with Crippen molar-refractivity contribution in [1.82, 2.24) is 4.90 Å². The molecule has 32 heavy (non-hydrogen) atoms. The first kappa shape index (κ1) is 19.5.